The normalized spacial score (nSPS) is 28.9. The van der Waals surface area contributed by atoms with Crippen molar-refractivity contribution in [2.45, 2.75) is 57.5 Å². The van der Waals surface area contributed by atoms with Gasteiger partial charge in [0.15, 0.2) is 0 Å². The van der Waals surface area contributed by atoms with E-state index >= 15 is 0 Å². The smallest absolute Gasteiger partial charge is 0.323 e. The number of rotatable bonds is 4. The van der Waals surface area contributed by atoms with E-state index in [1.807, 2.05) is 13.8 Å². The molecule has 0 aromatic carbocycles. The summed E-state index contributed by atoms with van der Waals surface area (Å²) < 4.78 is 11.1. The molecular formula is C13H21N3O3. The molecule has 1 aromatic heterocycles. The number of esters is 1. The van der Waals surface area contributed by atoms with E-state index in [0.29, 0.717) is 6.42 Å². The average molecular weight is 267 g/mol. The number of nitrogens with one attached hydrogen (secondary N) is 1. The van der Waals surface area contributed by atoms with Gasteiger partial charge in [-0.25, -0.2) is 4.98 Å². The predicted octanol–water partition coefficient (Wildman–Crippen LogP) is 0.779. The number of hydrogen-bond donors (Lipinski definition) is 2. The standard InChI is InChI=1S/C13H21N3O3/c1-8-3-11(4-9(2)18-8)19-13(17)12(14)5-10-6-15-7-16-10/h6-9,11-12H,3-5,14H2,1-2H3,(H,15,16)/t8?,9?,11?,12-/m0/s1. The summed E-state index contributed by atoms with van der Waals surface area (Å²) in [6.07, 6.45) is 5.23. The van der Waals surface area contributed by atoms with E-state index in [9.17, 15) is 4.79 Å². The number of aromatic nitrogens is 2. The fraction of sp³-hybridized carbons (Fsp3) is 0.692. The maximum atomic E-state index is 11.9. The summed E-state index contributed by atoms with van der Waals surface area (Å²) in [5.74, 6) is -0.360. The molecule has 2 heterocycles. The van der Waals surface area contributed by atoms with Crippen LogP contribution >= 0.6 is 0 Å². The highest BCUT2D eigenvalue weighted by atomic mass is 16.6. The van der Waals surface area contributed by atoms with Crippen LogP contribution in [-0.4, -0.2) is 40.3 Å². The molecule has 1 aliphatic heterocycles. The highest BCUT2D eigenvalue weighted by Crippen LogP contribution is 2.22. The molecule has 1 saturated heterocycles. The van der Waals surface area contributed by atoms with Crippen molar-refractivity contribution in [1.29, 1.82) is 0 Å². The van der Waals surface area contributed by atoms with Gasteiger partial charge in [0, 0.05) is 31.2 Å². The van der Waals surface area contributed by atoms with Gasteiger partial charge >= 0.3 is 5.97 Å². The third-order valence-corrected chi connectivity index (χ3v) is 3.23. The van der Waals surface area contributed by atoms with Gasteiger partial charge in [0.2, 0.25) is 0 Å². The zero-order valence-corrected chi connectivity index (χ0v) is 11.3. The van der Waals surface area contributed by atoms with Crippen LogP contribution in [0.4, 0.5) is 0 Å². The molecule has 2 unspecified atom stereocenters. The maximum Gasteiger partial charge on any atom is 0.323 e. The van der Waals surface area contributed by atoms with Crippen LogP contribution < -0.4 is 5.73 Å². The number of hydrogen-bond acceptors (Lipinski definition) is 5. The molecule has 0 bridgehead atoms. The molecule has 0 radical (unpaired) electrons. The van der Waals surface area contributed by atoms with Gasteiger partial charge in [-0.1, -0.05) is 0 Å². The molecule has 1 aliphatic rings. The zero-order chi connectivity index (χ0) is 13.8. The van der Waals surface area contributed by atoms with Gasteiger partial charge in [-0.2, -0.15) is 0 Å². The number of H-pyrrole nitrogens is 1. The lowest BCUT2D eigenvalue weighted by atomic mass is 10.0. The van der Waals surface area contributed by atoms with Gasteiger partial charge in [-0.05, 0) is 13.8 Å². The molecule has 0 spiro atoms. The second-order valence-corrected chi connectivity index (χ2v) is 5.18. The van der Waals surface area contributed by atoms with Gasteiger partial charge in [0.25, 0.3) is 0 Å². The van der Waals surface area contributed by atoms with Crippen molar-refractivity contribution in [2.75, 3.05) is 0 Å². The van der Waals surface area contributed by atoms with Crippen molar-refractivity contribution >= 4 is 5.97 Å². The summed E-state index contributed by atoms with van der Waals surface area (Å²) in [6, 6.07) is -0.658. The molecule has 1 fully saturated rings. The van der Waals surface area contributed by atoms with E-state index in [2.05, 4.69) is 9.97 Å². The predicted molar refractivity (Wildman–Crippen MR) is 69.4 cm³/mol. The molecule has 0 aliphatic carbocycles. The Labute approximate surface area is 112 Å². The molecule has 2 rings (SSSR count). The van der Waals surface area contributed by atoms with E-state index in [0.717, 1.165) is 18.5 Å². The van der Waals surface area contributed by atoms with Crippen LogP contribution in [0.15, 0.2) is 12.5 Å². The first-order chi connectivity index (χ1) is 9.04. The quantitative estimate of drug-likeness (QED) is 0.787. The monoisotopic (exact) mass is 267 g/mol. The molecule has 1 aromatic rings. The SMILES string of the molecule is CC1CC(OC(=O)[C@@H](N)Cc2cnc[nH]2)CC(C)O1. The second-order valence-electron chi connectivity index (χ2n) is 5.18. The van der Waals surface area contributed by atoms with Crippen molar-refractivity contribution in [3.8, 4) is 0 Å². The third-order valence-electron chi connectivity index (χ3n) is 3.23. The Kier molecular flexibility index (Phi) is 4.55. The Balaban J connectivity index is 1.82. The number of nitrogens with zero attached hydrogens (tertiary/aromatic N) is 1. The Bertz CT molecular complexity index is 397. The van der Waals surface area contributed by atoms with E-state index < -0.39 is 6.04 Å². The summed E-state index contributed by atoms with van der Waals surface area (Å²) in [6.45, 7) is 3.97. The summed E-state index contributed by atoms with van der Waals surface area (Å²) >= 11 is 0. The summed E-state index contributed by atoms with van der Waals surface area (Å²) in [5.41, 5.74) is 6.67. The number of nitrogens with two attached hydrogens (primary N) is 1. The van der Waals surface area contributed by atoms with E-state index in [-0.39, 0.29) is 24.3 Å². The summed E-state index contributed by atoms with van der Waals surface area (Å²) in [4.78, 5) is 18.7. The molecular weight excluding hydrogens is 246 g/mol. The largest absolute Gasteiger partial charge is 0.461 e. The maximum absolute atomic E-state index is 11.9. The van der Waals surface area contributed by atoms with Crippen LogP contribution in [0.2, 0.25) is 0 Å². The van der Waals surface area contributed by atoms with Gasteiger partial charge < -0.3 is 20.2 Å². The zero-order valence-electron chi connectivity index (χ0n) is 11.3. The number of imidazole rings is 1. The van der Waals surface area contributed by atoms with Gasteiger partial charge in [-0.15, -0.1) is 0 Å². The van der Waals surface area contributed by atoms with Crippen LogP contribution in [0, 0.1) is 0 Å². The highest BCUT2D eigenvalue weighted by Gasteiger charge is 2.28. The lowest BCUT2D eigenvalue weighted by Crippen LogP contribution is -2.41. The van der Waals surface area contributed by atoms with Crippen molar-refractivity contribution in [3.63, 3.8) is 0 Å². The first-order valence-electron chi connectivity index (χ1n) is 6.63. The van der Waals surface area contributed by atoms with Crippen molar-refractivity contribution < 1.29 is 14.3 Å². The van der Waals surface area contributed by atoms with Crippen LogP contribution in [-0.2, 0) is 20.7 Å². The molecule has 3 atom stereocenters. The highest BCUT2D eigenvalue weighted by molar-refractivity contribution is 5.76. The van der Waals surface area contributed by atoms with E-state index in [4.69, 9.17) is 15.2 Å². The number of ether oxygens (including phenoxy) is 2. The number of carbonyl (C=O) groups is 1. The Morgan fingerprint density at radius 3 is 2.84 bits per heavy atom. The molecule has 0 saturated carbocycles. The Hall–Kier alpha value is -1.40. The van der Waals surface area contributed by atoms with Crippen LogP contribution in [0.1, 0.15) is 32.4 Å². The summed E-state index contributed by atoms with van der Waals surface area (Å²) in [5, 5.41) is 0. The minimum Gasteiger partial charge on any atom is -0.461 e. The second kappa shape index (κ2) is 6.16. The minimum atomic E-state index is -0.658. The lowest BCUT2D eigenvalue weighted by molar-refractivity contribution is -0.161. The van der Waals surface area contributed by atoms with E-state index in [1.165, 1.54) is 0 Å². The number of carbonyl (C=O) groups excluding carboxylic acids is 1. The minimum absolute atomic E-state index is 0.0981. The lowest BCUT2D eigenvalue weighted by Gasteiger charge is -2.32. The molecule has 6 heteroatoms. The Morgan fingerprint density at radius 1 is 1.58 bits per heavy atom. The topological polar surface area (TPSA) is 90.2 Å². The number of aromatic amines is 1. The van der Waals surface area contributed by atoms with Gasteiger partial charge in [0.1, 0.15) is 12.1 Å². The van der Waals surface area contributed by atoms with Gasteiger partial charge in [-0.3, -0.25) is 4.79 Å². The molecule has 6 nitrogen and oxygen atoms in total. The fourth-order valence-electron chi connectivity index (χ4n) is 2.41. The van der Waals surface area contributed by atoms with Crippen LogP contribution in [0.25, 0.3) is 0 Å². The fourth-order valence-corrected chi connectivity index (χ4v) is 2.41. The van der Waals surface area contributed by atoms with Crippen molar-refractivity contribution in [1.82, 2.24) is 9.97 Å². The first kappa shape index (κ1) is 14.0. The third kappa shape index (κ3) is 4.04. The van der Waals surface area contributed by atoms with Crippen LogP contribution in [0.3, 0.4) is 0 Å². The molecule has 106 valence electrons. The molecule has 0 amide bonds. The Morgan fingerprint density at radius 2 is 2.26 bits per heavy atom. The van der Waals surface area contributed by atoms with E-state index in [1.54, 1.807) is 12.5 Å². The first-order valence-corrected chi connectivity index (χ1v) is 6.63. The molecule has 19 heavy (non-hydrogen) atoms. The average Bonchev–Trinajstić information content (AvgIpc) is 2.80. The van der Waals surface area contributed by atoms with Gasteiger partial charge in [0.05, 0.1) is 18.5 Å². The van der Waals surface area contributed by atoms with Crippen LogP contribution in [0.5, 0.6) is 0 Å². The summed E-state index contributed by atoms with van der Waals surface area (Å²) in [7, 11) is 0. The molecule has 3 N–H and O–H groups in total. The van der Waals surface area contributed by atoms with Crippen molar-refractivity contribution in [3.05, 3.63) is 18.2 Å². The van der Waals surface area contributed by atoms with Crippen molar-refractivity contribution in [2.24, 2.45) is 5.73 Å².